The van der Waals surface area contributed by atoms with Gasteiger partial charge in [-0.2, -0.15) is 0 Å². The number of anilines is 3. The van der Waals surface area contributed by atoms with Gasteiger partial charge in [-0.3, -0.25) is 4.79 Å². The van der Waals surface area contributed by atoms with Crippen LogP contribution in [-0.2, 0) is 0 Å². The number of aryl methyl sites for hydroxylation is 2. The summed E-state index contributed by atoms with van der Waals surface area (Å²) in [5, 5.41) is 3.32. The molecular formula is C25H23BrF2N4OS. The molecule has 0 aliphatic heterocycles. The van der Waals surface area contributed by atoms with E-state index in [2.05, 4.69) is 57.2 Å². The number of halogens is 3. The lowest BCUT2D eigenvalue weighted by atomic mass is 10.0. The fraction of sp³-hybridized carbons (Fsp3) is 0.240. The van der Waals surface area contributed by atoms with Crippen LogP contribution in [0, 0.1) is 25.5 Å². The number of carbonyl (C=O) groups is 1. The Hall–Kier alpha value is -2.91. The Morgan fingerprint density at radius 1 is 1.12 bits per heavy atom. The minimum Gasteiger partial charge on any atom is -0.329 e. The highest BCUT2D eigenvalue weighted by molar-refractivity contribution is 9.10. The molecule has 2 aromatic carbocycles. The van der Waals surface area contributed by atoms with Gasteiger partial charge in [0.2, 0.25) is 0 Å². The molecule has 5 nitrogen and oxygen atoms in total. The van der Waals surface area contributed by atoms with Crippen molar-refractivity contribution >= 4 is 60.6 Å². The molecule has 0 aliphatic rings. The molecule has 0 spiro atoms. The van der Waals surface area contributed by atoms with E-state index in [-0.39, 0.29) is 10.2 Å². The molecule has 1 amide bonds. The fourth-order valence-electron chi connectivity index (χ4n) is 3.72. The van der Waals surface area contributed by atoms with Crippen LogP contribution in [0.4, 0.5) is 26.0 Å². The molecule has 0 saturated heterocycles. The zero-order valence-corrected chi connectivity index (χ0v) is 21.7. The van der Waals surface area contributed by atoms with Gasteiger partial charge in [0.25, 0.3) is 5.91 Å². The topological polar surface area (TPSA) is 58.1 Å². The Kier molecular flexibility index (Phi) is 6.69. The number of nitrogens with zero attached hydrogens (tertiary/aromatic N) is 3. The summed E-state index contributed by atoms with van der Waals surface area (Å²) in [6.45, 7) is 7.92. The van der Waals surface area contributed by atoms with Crippen molar-refractivity contribution in [1.29, 1.82) is 0 Å². The van der Waals surface area contributed by atoms with E-state index in [0.29, 0.717) is 32.8 Å². The largest absolute Gasteiger partial charge is 0.329 e. The van der Waals surface area contributed by atoms with Gasteiger partial charge in [-0.05, 0) is 65.0 Å². The van der Waals surface area contributed by atoms with Crippen LogP contribution >= 0.6 is 27.3 Å². The minimum absolute atomic E-state index is 0.117. The van der Waals surface area contributed by atoms with Crippen molar-refractivity contribution in [2.45, 2.75) is 33.6 Å². The summed E-state index contributed by atoms with van der Waals surface area (Å²) in [6, 6.07) is 10.1. The maximum absolute atomic E-state index is 14.3. The third-order valence-electron chi connectivity index (χ3n) is 5.60. The average molecular weight is 545 g/mol. The van der Waals surface area contributed by atoms with E-state index >= 15 is 0 Å². The van der Waals surface area contributed by atoms with Crippen LogP contribution in [0.1, 0.15) is 46.4 Å². The summed E-state index contributed by atoms with van der Waals surface area (Å²) in [6.07, 6.45) is 0. The monoisotopic (exact) mass is 544 g/mol. The van der Waals surface area contributed by atoms with Gasteiger partial charge in [-0.25, -0.2) is 18.7 Å². The maximum atomic E-state index is 14.3. The number of amides is 1. The van der Waals surface area contributed by atoms with Crippen molar-refractivity contribution in [3.63, 3.8) is 0 Å². The third kappa shape index (κ3) is 4.54. The lowest BCUT2D eigenvalue weighted by Crippen LogP contribution is -2.14. The molecule has 34 heavy (non-hydrogen) atoms. The van der Waals surface area contributed by atoms with Crippen molar-refractivity contribution in [2.24, 2.45) is 0 Å². The van der Waals surface area contributed by atoms with E-state index in [1.807, 2.05) is 31.0 Å². The van der Waals surface area contributed by atoms with Crippen molar-refractivity contribution < 1.29 is 13.6 Å². The lowest BCUT2D eigenvalue weighted by molar-refractivity contribution is 0.102. The van der Waals surface area contributed by atoms with Crippen molar-refractivity contribution in [2.75, 3.05) is 17.3 Å². The van der Waals surface area contributed by atoms with Gasteiger partial charge in [-0.15, -0.1) is 11.3 Å². The average Bonchev–Trinajstić information content (AvgIpc) is 3.11. The minimum atomic E-state index is -0.861. The van der Waals surface area contributed by atoms with E-state index in [4.69, 9.17) is 0 Å². The molecule has 1 N–H and O–H groups in total. The number of rotatable bonds is 5. The molecule has 4 rings (SSSR count). The predicted octanol–water partition coefficient (Wildman–Crippen LogP) is 7.49. The van der Waals surface area contributed by atoms with Crippen molar-refractivity contribution in [3.05, 3.63) is 74.3 Å². The first kappa shape index (κ1) is 24.2. The van der Waals surface area contributed by atoms with E-state index in [0.717, 1.165) is 23.2 Å². The van der Waals surface area contributed by atoms with Gasteiger partial charge in [0, 0.05) is 23.3 Å². The number of carbonyl (C=O) groups excluding carboxylic acids is 1. The Morgan fingerprint density at radius 2 is 1.79 bits per heavy atom. The van der Waals surface area contributed by atoms with E-state index in [1.165, 1.54) is 16.9 Å². The highest BCUT2D eigenvalue weighted by atomic mass is 79.9. The zero-order valence-electron chi connectivity index (χ0n) is 19.3. The molecule has 0 saturated carbocycles. The first-order chi connectivity index (χ1) is 16.1. The summed E-state index contributed by atoms with van der Waals surface area (Å²) in [4.78, 5) is 25.3. The number of benzene rings is 2. The van der Waals surface area contributed by atoms with Gasteiger partial charge in [-0.1, -0.05) is 26.0 Å². The number of hydrogen-bond acceptors (Lipinski definition) is 5. The van der Waals surface area contributed by atoms with Crippen LogP contribution in [-0.4, -0.2) is 22.9 Å². The van der Waals surface area contributed by atoms with Gasteiger partial charge >= 0.3 is 0 Å². The molecular weight excluding hydrogens is 522 g/mol. The number of thiophene rings is 1. The van der Waals surface area contributed by atoms with Crippen molar-refractivity contribution in [3.8, 4) is 0 Å². The van der Waals surface area contributed by atoms with E-state index < -0.39 is 17.5 Å². The molecule has 0 atom stereocenters. The zero-order chi connectivity index (χ0) is 24.7. The van der Waals surface area contributed by atoms with Crippen LogP contribution in [0.5, 0.6) is 0 Å². The molecule has 0 unspecified atom stereocenters. The second kappa shape index (κ2) is 9.38. The highest BCUT2D eigenvalue weighted by Gasteiger charge is 2.23. The molecule has 0 radical (unpaired) electrons. The Balaban J connectivity index is 1.75. The number of fused-ring (bicyclic) bond motifs is 1. The molecule has 2 aromatic heterocycles. The lowest BCUT2D eigenvalue weighted by Gasteiger charge is -2.20. The summed E-state index contributed by atoms with van der Waals surface area (Å²) in [5.74, 6) is -0.409. The van der Waals surface area contributed by atoms with Crippen LogP contribution < -0.4 is 10.2 Å². The molecule has 176 valence electrons. The van der Waals surface area contributed by atoms with Crippen LogP contribution in [0.2, 0.25) is 0 Å². The second-order valence-electron chi connectivity index (χ2n) is 8.33. The first-order valence-corrected chi connectivity index (χ1v) is 12.2. The molecule has 2 heterocycles. The Bertz CT molecular complexity index is 1380. The van der Waals surface area contributed by atoms with Crippen LogP contribution in [0.3, 0.4) is 0 Å². The summed E-state index contributed by atoms with van der Waals surface area (Å²) in [5.41, 5.74) is 2.77. The molecule has 9 heteroatoms. The van der Waals surface area contributed by atoms with Crippen LogP contribution in [0.15, 0.2) is 40.9 Å². The molecule has 0 bridgehead atoms. The summed E-state index contributed by atoms with van der Waals surface area (Å²) >= 11 is 4.32. The predicted molar refractivity (Wildman–Crippen MR) is 137 cm³/mol. The summed E-state index contributed by atoms with van der Waals surface area (Å²) in [7, 11) is 1.92. The SMILES string of the molecule is Cc1nc(N(C)c2ccc(C(C)C)cc2)c2c(C)c(C(=O)Nc3c(F)cc(F)cc3Br)sc2n1. The van der Waals surface area contributed by atoms with Gasteiger partial charge in [0.15, 0.2) is 5.82 Å². The quantitative estimate of drug-likeness (QED) is 0.282. The maximum Gasteiger partial charge on any atom is 0.266 e. The molecule has 0 fully saturated rings. The fourth-order valence-corrected chi connectivity index (χ4v) is 5.34. The normalized spacial score (nSPS) is 11.3. The van der Waals surface area contributed by atoms with Crippen molar-refractivity contribution in [1.82, 2.24) is 9.97 Å². The van der Waals surface area contributed by atoms with E-state index in [1.54, 1.807) is 6.92 Å². The number of aromatic nitrogens is 2. The summed E-state index contributed by atoms with van der Waals surface area (Å²) < 4.78 is 27.8. The Morgan fingerprint density at radius 3 is 2.41 bits per heavy atom. The van der Waals surface area contributed by atoms with E-state index in [9.17, 15) is 13.6 Å². The number of nitrogens with one attached hydrogen (secondary N) is 1. The second-order valence-corrected chi connectivity index (χ2v) is 10.2. The van der Waals surface area contributed by atoms with Gasteiger partial charge in [0.1, 0.15) is 22.3 Å². The van der Waals surface area contributed by atoms with Crippen LogP contribution in [0.25, 0.3) is 10.2 Å². The first-order valence-electron chi connectivity index (χ1n) is 10.6. The number of hydrogen-bond donors (Lipinski definition) is 1. The Labute approximate surface area is 209 Å². The van der Waals surface area contributed by atoms with Gasteiger partial charge in [0.05, 0.1) is 16.0 Å². The van der Waals surface area contributed by atoms with Gasteiger partial charge < -0.3 is 10.2 Å². The third-order valence-corrected chi connectivity index (χ3v) is 7.41. The molecule has 4 aromatic rings. The smallest absolute Gasteiger partial charge is 0.266 e. The standard InChI is InChI=1S/C25H23BrF2N4OS/c1-12(2)15-6-8-17(9-7-15)32(5)23-20-13(3)22(34-25(20)30-14(4)29-23)24(33)31-21-18(26)10-16(27)11-19(21)28/h6-12H,1-5H3,(H,31,33). The molecule has 0 aliphatic carbocycles. The highest BCUT2D eigenvalue weighted by Crippen LogP contribution is 2.38.